The summed E-state index contributed by atoms with van der Waals surface area (Å²) in [6, 6.07) is 11.4. The van der Waals surface area contributed by atoms with E-state index in [0.717, 1.165) is 24.1 Å². The van der Waals surface area contributed by atoms with Crippen LogP contribution in [0.15, 0.2) is 54.1 Å². The maximum Gasteiger partial charge on any atom is 0.573 e. The van der Waals surface area contributed by atoms with Crippen LogP contribution in [0.25, 0.3) is 5.57 Å². The normalized spacial score (nSPS) is 13.4. The number of hydrogen-bond acceptors (Lipinski definition) is 4. The molecule has 4 nitrogen and oxygen atoms in total. The third-order valence-electron chi connectivity index (χ3n) is 4.61. The molecule has 0 heterocycles. The predicted molar refractivity (Wildman–Crippen MR) is 99.7 cm³/mol. The zero-order valence-electron chi connectivity index (χ0n) is 15.8. The molecule has 0 aliphatic heterocycles. The molecule has 3 rings (SSSR count). The third kappa shape index (κ3) is 5.92. The topological polar surface area (TPSA) is 52.6 Å². The van der Waals surface area contributed by atoms with Crippen molar-refractivity contribution in [2.45, 2.75) is 38.7 Å². The molecule has 0 atom stereocenters. The van der Waals surface area contributed by atoms with Crippen LogP contribution in [0.2, 0.25) is 0 Å². The Bertz CT molecular complexity index is 959. The van der Waals surface area contributed by atoms with Crippen molar-refractivity contribution in [2.75, 3.05) is 0 Å². The molecule has 1 aliphatic rings. The van der Waals surface area contributed by atoms with Crippen molar-refractivity contribution in [1.82, 2.24) is 0 Å². The molecule has 1 aliphatic carbocycles. The third-order valence-corrected chi connectivity index (χ3v) is 4.61. The van der Waals surface area contributed by atoms with Crippen molar-refractivity contribution in [1.29, 1.82) is 0 Å². The zero-order valence-corrected chi connectivity index (χ0v) is 15.8. The molecule has 1 saturated carbocycles. The van der Waals surface area contributed by atoms with E-state index in [9.17, 15) is 27.2 Å². The van der Waals surface area contributed by atoms with Crippen LogP contribution in [0.1, 0.15) is 36.8 Å². The fourth-order valence-electron chi connectivity index (χ4n) is 3.05. The SMILES string of the molecule is O=C(CC(=C1CCC1)c1cc(F)cc(OC(F)(F)F)c1)C(=O)OCc1ccccc1. The first-order valence-corrected chi connectivity index (χ1v) is 9.23. The highest BCUT2D eigenvalue weighted by Gasteiger charge is 2.32. The summed E-state index contributed by atoms with van der Waals surface area (Å²) in [5.74, 6) is -3.58. The molecule has 30 heavy (non-hydrogen) atoms. The van der Waals surface area contributed by atoms with Crippen LogP contribution in [0.4, 0.5) is 17.6 Å². The number of hydrogen-bond donors (Lipinski definition) is 0. The predicted octanol–water partition coefficient (Wildman–Crippen LogP) is 5.36. The Kier molecular flexibility index (Phi) is 6.54. The molecule has 0 N–H and O–H groups in total. The van der Waals surface area contributed by atoms with Gasteiger partial charge in [-0.25, -0.2) is 9.18 Å². The average molecular weight is 422 g/mol. The van der Waals surface area contributed by atoms with Crippen LogP contribution in [0.3, 0.4) is 0 Å². The van der Waals surface area contributed by atoms with Gasteiger partial charge in [-0.1, -0.05) is 35.9 Å². The molecule has 8 heteroatoms. The number of alkyl halides is 3. The quantitative estimate of drug-likeness (QED) is 0.342. The van der Waals surface area contributed by atoms with E-state index in [2.05, 4.69) is 4.74 Å². The van der Waals surface area contributed by atoms with Gasteiger partial charge < -0.3 is 9.47 Å². The standard InChI is InChI=1S/C22H18F4O4/c23-17-9-16(10-18(11-17)30-22(24,25)26)19(15-7-4-8-15)12-20(27)21(28)29-13-14-5-2-1-3-6-14/h1-3,5-6,9-11H,4,7-8,12-13H2. The number of ketones is 1. The summed E-state index contributed by atoms with van der Waals surface area (Å²) in [4.78, 5) is 24.5. The van der Waals surface area contributed by atoms with Gasteiger partial charge >= 0.3 is 12.3 Å². The average Bonchev–Trinajstić information content (AvgIpc) is 2.63. The maximum atomic E-state index is 13.9. The van der Waals surface area contributed by atoms with Crippen LogP contribution in [0.5, 0.6) is 5.75 Å². The number of benzene rings is 2. The number of halogens is 4. The zero-order chi connectivity index (χ0) is 21.7. The summed E-state index contributed by atoms with van der Waals surface area (Å²) in [6.45, 7) is -0.0825. The van der Waals surface area contributed by atoms with Crippen LogP contribution in [-0.2, 0) is 20.9 Å². The smallest absolute Gasteiger partial charge is 0.455 e. The van der Waals surface area contributed by atoms with Gasteiger partial charge in [-0.3, -0.25) is 4.79 Å². The fraction of sp³-hybridized carbons (Fsp3) is 0.273. The van der Waals surface area contributed by atoms with E-state index in [1.165, 1.54) is 0 Å². The number of allylic oxidation sites excluding steroid dienone is 2. The molecular weight excluding hydrogens is 404 g/mol. The molecular formula is C22H18F4O4. The molecule has 158 valence electrons. The summed E-state index contributed by atoms with van der Waals surface area (Å²) in [6.07, 6.45) is -3.29. The van der Waals surface area contributed by atoms with Crippen molar-refractivity contribution < 1.29 is 36.6 Å². The van der Waals surface area contributed by atoms with E-state index >= 15 is 0 Å². The lowest BCUT2D eigenvalue weighted by atomic mass is 9.83. The van der Waals surface area contributed by atoms with Crippen molar-refractivity contribution >= 4 is 17.3 Å². The molecule has 0 saturated heterocycles. The van der Waals surface area contributed by atoms with Crippen LogP contribution >= 0.6 is 0 Å². The maximum absolute atomic E-state index is 13.9. The van der Waals surface area contributed by atoms with E-state index in [-0.39, 0.29) is 12.2 Å². The molecule has 0 radical (unpaired) electrons. The van der Waals surface area contributed by atoms with Gasteiger partial charge in [0.05, 0.1) is 0 Å². The molecule has 0 amide bonds. The van der Waals surface area contributed by atoms with Crippen LogP contribution in [0, 0.1) is 5.82 Å². The lowest BCUT2D eigenvalue weighted by molar-refractivity contribution is -0.274. The molecule has 2 aromatic rings. The number of Topliss-reactive ketones (excluding diaryl/α,β-unsaturated/α-hetero) is 1. The number of esters is 1. The lowest BCUT2D eigenvalue weighted by Gasteiger charge is -2.23. The number of carbonyl (C=O) groups excluding carboxylic acids is 2. The largest absolute Gasteiger partial charge is 0.573 e. The van der Waals surface area contributed by atoms with Crippen LogP contribution in [-0.4, -0.2) is 18.1 Å². The van der Waals surface area contributed by atoms with E-state index in [4.69, 9.17) is 4.74 Å². The Morgan fingerprint density at radius 2 is 1.70 bits per heavy atom. The highest BCUT2D eigenvalue weighted by molar-refractivity contribution is 6.35. The number of rotatable bonds is 7. The summed E-state index contributed by atoms with van der Waals surface area (Å²) in [7, 11) is 0. The first-order chi connectivity index (χ1) is 14.2. The summed E-state index contributed by atoms with van der Waals surface area (Å²) in [5, 5.41) is 0. The number of carbonyl (C=O) groups is 2. The Morgan fingerprint density at radius 3 is 2.30 bits per heavy atom. The molecule has 0 unspecified atom stereocenters. The Morgan fingerprint density at radius 1 is 1.00 bits per heavy atom. The van der Waals surface area contributed by atoms with Gasteiger partial charge in [0, 0.05) is 12.5 Å². The van der Waals surface area contributed by atoms with Gasteiger partial charge in [0.1, 0.15) is 18.2 Å². The minimum absolute atomic E-state index is 0.0770. The molecule has 0 spiro atoms. The molecule has 0 aromatic heterocycles. The van der Waals surface area contributed by atoms with Crippen molar-refractivity contribution in [3.05, 3.63) is 71.0 Å². The van der Waals surface area contributed by atoms with E-state index < -0.39 is 36.1 Å². The highest BCUT2D eigenvalue weighted by Crippen LogP contribution is 2.37. The van der Waals surface area contributed by atoms with Crippen LogP contribution < -0.4 is 4.74 Å². The minimum atomic E-state index is -4.98. The van der Waals surface area contributed by atoms with E-state index in [1.54, 1.807) is 30.3 Å². The van der Waals surface area contributed by atoms with Gasteiger partial charge in [-0.2, -0.15) is 0 Å². The fourth-order valence-corrected chi connectivity index (χ4v) is 3.05. The second-order valence-electron chi connectivity index (χ2n) is 6.82. The first kappa shape index (κ1) is 21.5. The molecule has 2 aromatic carbocycles. The number of ether oxygens (including phenoxy) is 2. The minimum Gasteiger partial charge on any atom is -0.455 e. The van der Waals surface area contributed by atoms with Gasteiger partial charge in [-0.05, 0) is 48.1 Å². The van der Waals surface area contributed by atoms with E-state index in [0.29, 0.717) is 30.0 Å². The van der Waals surface area contributed by atoms with Gasteiger partial charge in [0.25, 0.3) is 0 Å². The Labute approximate surface area is 170 Å². The summed E-state index contributed by atoms with van der Waals surface area (Å²) >= 11 is 0. The summed E-state index contributed by atoms with van der Waals surface area (Å²) < 4.78 is 60.3. The monoisotopic (exact) mass is 422 g/mol. The van der Waals surface area contributed by atoms with Gasteiger partial charge in [0.15, 0.2) is 0 Å². The van der Waals surface area contributed by atoms with E-state index in [1.807, 2.05) is 0 Å². The lowest BCUT2D eigenvalue weighted by Crippen LogP contribution is -2.19. The first-order valence-electron chi connectivity index (χ1n) is 9.23. The van der Waals surface area contributed by atoms with Crippen molar-refractivity contribution in [3.63, 3.8) is 0 Å². The second-order valence-corrected chi connectivity index (χ2v) is 6.82. The second kappa shape index (κ2) is 9.11. The summed E-state index contributed by atoms with van der Waals surface area (Å²) in [5.41, 5.74) is 1.90. The van der Waals surface area contributed by atoms with Crippen molar-refractivity contribution in [2.24, 2.45) is 0 Å². The molecule has 1 fully saturated rings. The van der Waals surface area contributed by atoms with Gasteiger partial charge in [0.2, 0.25) is 5.78 Å². The van der Waals surface area contributed by atoms with Crippen molar-refractivity contribution in [3.8, 4) is 5.75 Å². The Balaban J connectivity index is 1.76. The van der Waals surface area contributed by atoms with Gasteiger partial charge in [-0.15, -0.1) is 13.2 Å². The molecule has 0 bridgehead atoms. The highest BCUT2D eigenvalue weighted by atomic mass is 19.4. The Hall–Kier alpha value is -3.16.